The van der Waals surface area contributed by atoms with Crippen LogP contribution in [0.3, 0.4) is 0 Å². The number of allylic oxidation sites excluding steroid dienone is 1. The molecule has 4 aliphatic rings. The average molecular weight is 449 g/mol. The van der Waals surface area contributed by atoms with Crippen molar-refractivity contribution in [2.75, 3.05) is 6.61 Å². The number of hydrogen-bond donors (Lipinski definition) is 2. The van der Waals surface area contributed by atoms with Gasteiger partial charge in [-0.1, -0.05) is 45.0 Å². The van der Waals surface area contributed by atoms with Crippen molar-refractivity contribution in [2.45, 2.75) is 96.3 Å². The zero-order valence-electron chi connectivity index (χ0n) is 19.7. The maximum absolute atomic E-state index is 12.6. The van der Waals surface area contributed by atoms with Gasteiger partial charge in [-0.05, 0) is 85.5 Å². The molecule has 4 aliphatic carbocycles. The van der Waals surface area contributed by atoms with E-state index in [0.29, 0.717) is 43.4 Å². The summed E-state index contributed by atoms with van der Waals surface area (Å²) in [7, 11) is 0. The molecule has 5 heteroatoms. The van der Waals surface area contributed by atoms with Crippen molar-refractivity contribution in [3.05, 3.63) is 11.6 Å². The first-order chi connectivity index (χ1) is 14.6. The Kier molecular flexibility index (Phi) is 6.28. The van der Waals surface area contributed by atoms with E-state index < -0.39 is 5.60 Å². The molecule has 3 fully saturated rings. The lowest BCUT2D eigenvalue weighted by molar-refractivity contribution is -0.135. The minimum Gasteiger partial charge on any atom is -0.396 e. The van der Waals surface area contributed by atoms with E-state index in [2.05, 4.69) is 20.8 Å². The van der Waals surface area contributed by atoms with Crippen molar-refractivity contribution < 1.29 is 19.8 Å². The normalized spacial score (nSPS) is 46.7. The Labute approximate surface area is 191 Å². The number of aliphatic hydroxyl groups is 2. The van der Waals surface area contributed by atoms with Crippen LogP contribution in [-0.4, -0.2) is 38.6 Å². The summed E-state index contributed by atoms with van der Waals surface area (Å²) in [5, 5.41) is 21.6. The predicted octanol–water partition coefficient (Wildman–Crippen LogP) is 4.92. The smallest absolute Gasteiger partial charge is 0.188 e. The summed E-state index contributed by atoms with van der Waals surface area (Å²) in [5.41, 5.74) is 0.415. The number of fused-ring (bicyclic) bond motifs is 5. The van der Waals surface area contributed by atoms with Crippen LogP contribution in [0.5, 0.6) is 0 Å². The second kappa shape index (κ2) is 8.29. The van der Waals surface area contributed by atoms with Gasteiger partial charge in [-0.15, -0.1) is 0 Å². The van der Waals surface area contributed by atoms with Crippen LogP contribution in [0.15, 0.2) is 11.6 Å². The van der Waals surface area contributed by atoms with Crippen molar-refractivity contribution in [3.63, 3.8) is 0 Å². The van der Waals surface area contributed by atoms with E-state index >= 15 is 0 Å². The highest BCUT2D eigenvalue weighted by atomic mass is 32.2. The van der Waals surface area contributed by atoms with Gasteiger partial charge in [-0.25, -0.2) is 0 Å². The third kappa shape index (κ3) is 3.49. The molecule has 0 saturated heterocycles. The molecule has 0 amide bonds. The molecule has 0 aromatic heterocycles. The van der Waals surface area contributed by atoms with E-state index in [-0.39, 0.29) is 39.5 Å². The maximum Gasteiger partial charge on any atom is 0.188 e. The van der Waals surface area contributed by atoms with Crippen molar-refractivity contribution in [1.82, 2.24) is 0 Å². The number of ketones is 1. The van der Waals surface area contributed by atoms with Gasteiger partial charge >= 0.3 is 0 Å². The van der Waals surface area contributed by atoms with Crippen LogP contribution in [0.2, 0.25) is 0 Å². The van der Waals surface area contributed by atoms with E-state index in [1.165, 1.54) is 17.3 Å². The lowest BCUT2D eigenvalue weighted by Gasteiger charge is -2.62. The van der Waals surface area contributed by atoms with E-state index in [4.69, 9.17) is 0 Å². The van der Waals surface area contributed by atoms with E-state index in [1.54, 1.807) is 0 Å². The highest BCUT2D eigenvalue weighted by Crippen LogP contribution is 2.70. The van der Waals surface area contributed by atoms with Crippen LogP contribution in [0.1, 0.15) is 85.5 Å². The molecule has 0 aromatic carbocycles. The van der Waals surface area contributed by atoms with Gasteiger partial charge in [0, 0.05) is 24.7 Å². The van der Waals surface area contributed by atoms with Gasteiger partial charge in [0.2, 0.25) is 0 Å². The Balaban J connectivity index is 1.76. The number of carbonyl (C=O) groups excluding carboxylic acids is 2. The first kappa shape index (κ1) is 23.5. The molecule has 0 spiro atoms. The third-order valence-electron chi connectivity index (χ3n) is 10.0. The zero-order chi connectivity index (χ0) is 22.6. The predicted molar refractivity (Wildman–Crippen MR) is 125 cm³/mol. The Bertz CT molecular complexity index is 777. The van der Waals surface area contributed by atoms with Crippen LogP contribution >= 0.6 is 11.8 Å². The molecule has 4 rings (SSSR count). The third-order valence-corrected chi connectivity index (χ3v) is 11.6. The fraction of sp³-hybridized carbons (Fsp3) is 0.846. The first-order valence-electron chi connectivity index (χ1n) is 12.4. The lowest BCUT2D eigenvalue weighted by atomic mass is 9.44. The maximum atomic E-state index is 12.6. The van der Waals surface area contributed by atoms with E-state index in [9.17, 15) is 19.8 Å². The summed E-state index contributed by atoms with van der Waals surface area (Å²) in [4.78, 5) is 25.0. The fourth-order valence-electron chi connectivity index (χ4n) is 8.21. The number of carbonyl (C=O) groups is 2. The molecule has 0 bridgehead atoms. The molecular formula is C26H40O4S. The Morgan fingerprint density at radius 2 is 1.90 bits per heavy atom. The molecule has 0 unspecified atom stereocenters. The van der Waals surface area contributed by atoms with Crippen molar-refractivity contribution in [2.24, 2.45) is 34.5 Å². The lowest BCUT2D eigenvalue weighted by Crippen LogP contribution is -2.59. The van der Waals surface area contributed by atoms with Gasteiger partial charge in [0.05, 0.1) is 5.60 Å². The molecule has 0 aromatic rings. The van der Waals surface area contributed by atoms with Crippen LogP contribution in [0.4, 0.5) is 0 Å². The average Bonchev–Trinajstić information content (AvgIpc) is 3.01. The second-order valence-corrected chi connectivity index (χ2v) is 12.5. The largest absolute Gasteiger partial charge is 0.396 e. The summed E-state index contributed by atoms with van der Waals surface area (Å²) < 4.78 is 0. The van der Waals surface area contributed by atoms with E-state index in [0.717, 1.165) is 32.1 Å². The SMILES string of the molecule is CCC(=O)S[C@H]1[C@@H]2[C@H](CC[C@@]3(C)[C@H]2CC[C@@]3(O)CCCO)[C@@]2(C)CCC(=O)C=C2[C@H]1C. The number of hydrogen-bond acceptors (Lipinski definition) is 5. The Morgan fingerprint density at radius 1 is 1.19 bits per heavy atom. The Morgan fingerprint density at radius 3 is 2.58 bits per heavy atom. The zero-order valence-corrected chi connectivity index (χ0v) is 20.5. The van der Waals surface area contributed by atoms with Gasteiger partial charge in [0.1, 0.15) is 0 Å². The Hall–Kier alpha value is -0.650. The fourth-order valence-corrected chi connectivity index (χ4v) is 9.56. The quantitative estimate of drug-likeness (QED) is 0.625. The number of thioether (sulfide) groups is 1. The molecule has 0 aliphatic heterocycles. The topological polar surface area (TPSA) is 74.6 Å². The van der Waals surface area contributed by atoms with Gasteiger partial charge in [0.15, 0.2) is 10.9 Å². The molecular weight excluding hydrogens is 408 g/mol. The first-order valence-corrected chi connectivity index (χ1v) is 13.3. The molecule has 3 saturated carbocycles. The van der Waals surface area contributed by atoms with Crippen molar-refractivity contribution >= 4 is 22.7 Å². The summed E-state index contributed by atoms with van der Waals surface area (Å²) >= 11 is 1.52. The van der Waals surface area contributed by atoms with Gasteiger partial charge < -0.3 is 10.2 Å². The molecule has 4 nitrogen and oxygen atoms in total. The molecule has 31 heavy (non-hydrogen) atoms. The summed E-state index contributed by atoms with van der Waals surface area (Å²) in [5.74, 6) is 1.67. The molecule has 0 heterocycles. The van der Waals surface area contributed by atoms with Crippen LogP contribution < -0.4 is 0 Å². The second-order valence-electron chi connectivity index (χ2n) is 11.2. The number of aliphatic hydroxyl groups excluding tert-OH is 1. The standard InChI is InChI=1S/C26H40O4S/c1-5-21(29)31-23-16(2)20-15-17(28)7-11-24(20,3)18-8-12-25(4)19(22(18)23)9-13-26(25,30)10-6-14-27/h15-16,18-19,22-23,27,30H,5-14H2,1-4H3/t16-,18+,19+,22-,23-,24-,25+,26+/m1/s1. The van der Waals surface area contributed by atoms with Gasteiger partial charge in [-0.2, -0.15) is 0 Å². The molecule has 0 radical (unpaired) electrons. The minimum absolute atomic E-state index is 0.0252. The summed E-state index contributed by atoms with van der Waals surface area (Å²) in [6, 6.07) is 0. The van der Waals surface area contributed by atoms with Gasteiger partial charge in [-0.3, -0.25) is 9.59 Å². The van der Waals surface area contributed by atoms with Crippen molar-refractivity contribution in [3.8, 4) is 0 Å². The van der Waals surface area contributed by atoms with Crippen LogP contribution in [0, 0.1) is 34.5 Å². The summed E-state index contributed by atoms with van der Waals surface area (Å²) in [6.07, 6.45) is 9.13. The molecule has 8 atom stereocenters. The molecule has 174 valence electrons. The monoisotopic (exact) mass is 448 g/mol. The van der Waals surface area contributed by atoms with Gasteiger partial charge in [0.25, 0.3) is 0 Å². The van der Waals surface area contributed by atoms with Crippen LogP contribution in [0.25, 0.3) is 0 Å². The minimum atomic E-state index is -0.724. The highest BCUT2D eigenvalue weighted by Gasteiger charge is 2.66. The van der Waals surface area contributed by atoms with E-state index in [1.807, 2.05) is 13.0 Å². The van der Waals surface area contributed by atoms with Crippen molar-refractivity contribution in [1.29, 1.82) is 0 Å². The number of rotatable bonds is 5. The van der Waals surface area contributed by atoms with Crippen LogP contribution in [-0.2, 0) is 9.59 Å². The molecule has 2 N–H and O–H groups in total. The highest BCUT2D eigenvalue weighted by molar-refractivity contribution is 8.14. The summed E-state index contributed by atoms with van der Waals surface area (Å²) in [6.45, 7) is 8.94.